The Labute approximate surface area is 327 Å². The minimum Gasteiger partial charge on any atom is -0.493 e. The minimum atomic E-state index is -0.819. The Kier molecular flexibility index (Phi) is 12.1. The van der Waals surface area contributed by atoms with E-state index in [0.717, 1.165) is 35.2 Å². The van der Waals surface area contributed by atoms with E-state index in [1.165, 1.54) is 0 Å². The van der Waals surface area contributed by atoms with Gasteiger partial charge in [0, 0.05) is 17.7 Å². The summed E-state index contributed by atoms with van der Waals surface area (Å²) in [5.41, 5.74) is 3.38. The number of rotatable bonds is 16. The average molecular weight is 754 g/mol. The van der Waals surface area contributed by atoms with Crippen LogP contribution in [0, 0.1) is 29.1 Å². The van der Waals surface area contributed by atoms with Gasteiger partial charge in [0.05, 0.1) is 39.0 Å². The fourth-order valence-electron chi connectivity index (χ4n) is 9.25. The molecule has 2 amide bonds. The van der Waals surface area contributed by atoms with Crippen molar-refractivity contribution in [3.63, 3.8) is 0 Å². The molecule has 11 heteroatoms. The number of hydrogen-bond donors (Lipinski definition) is 3. The van der Waals surface area contributed by atoms with Gasteiger partial charge in [-0.25, -0.2) is 0 Å². The normalized spacial score (nSPS) is 23.9. The van der Waals surface area contributed by atoms with Crippen LogP contribution in [0.1, 0.15) is 73.3 Å². The summed E-state index contributed by atoms with van der Waals surface area (Å²) in [6.45, 7) is 15.0. The number of hydrogen-bond acceptors (Lipinski definition) is 8. The van der Waals surface area contributed by atoms with Crippen molar-refractivity contribution in [2.75, 3.05) is 26.6 Å². The first-order chi connectivity index (χ1) is 26.2. The first kappa shape index (κ1) is 40.4. The molecule has 4 fully saturated rings. The van der Waals surface area contributed by atoms with Crippen molar-refractivity contribution in [2.45, 2.75) is 104 Å². The number of nitrogens with one attached hydrogen (secondary N) is 3. The maximum absolute atomic E-state index is 14.5. The molecule has 7 atom stereocenters. The lowest BCUT2D eigenvalue weighted by atomic mass is 9.43. The zero-order valence-electron chi connectivity index (χ0n) is 34.2. The van der Waals surface area contributed by atoms with Crippen molar-refractivity contribution in [3.8, 4) is 28.4 Å². The molecule has 0 radical (unpaired) electrons. The molecule has 0 spiro atoms. The van der Waals surface area contributed by atoms with E-state index < -0.39 is 24.8 Å². The highest BCUT2D eigenvalue weighted by Gasteiger charge is 2.68. The summed E-state index contributed by atoms with van der Waals surface area (Å²) in [6, 6.07) is 20.1. The van der Waals surface area contributed by atoms with E-state index in [4.69, 9.17) is 23.5 Å². The van der Waals surface area contributed by atoms with E-state index in [9.17, 15) is 9.59 Å². The van der Waals surface area contributed by atoms with Crippen LogP contribution in [0.25, 0.3) is 11.1 Å². The summed E-state index contributed by atoms with van der Waals surface area (Å²) < 4.78 is 30.5. The largest absolute Gasteiger partial charge is 0.493 e. The average Bonchev–Trinajstić information content (AvgIpc) is 3.53. The Morgan fingerprint density at radius 2 is 1.55 bits per heavy atom. The van der Waals surface area contributed by atoms with Gasteiger partial charge in [-0.3, -0.25) is 9.59 Å². The number of carbonyl (C=O) groups excluding carboxylic acids is 2. The second kappa shape index (κ2) is 16.5. The monoisotopic (exact) mass is 753 g/mol. The number of anilines is 1. The molecule has 0 aromatic heterocycles. The van der Waals surface area contributed by atoms with Gasteiger partial charge >= 0.3 is 7.12 Å². The molecule has 1 aliphatic heterocycles. The molecule has 3 aromatic carbocycles. The molecule has 1 heterocycles. The molecule has 3 N–H and O–H groups in total. The van der Waals surface area contributed by atoms with E-state index in [2.05, 4.69) is 62.7 Å². The van der Waals surface area contributed by atoms with Crippen molar-refractivity contribution in [1.29, 1.82) is 0 Å². The zero-order chi connectivity index (χ0) is 39.7. The smallest absolute Gasteiger partial charge is 0.481 e. The van der Waals surface area contributed by atoms with Crippen molar-refractivity contribution >= 4 is 24.6 Å². The van der Waals surface area contributed by atoms with E-state index in [0.29, 0.717) is 35.5 Å². The number of methoxy groups -OCH3 is 3. The second-order valence-corrected chi connectivity index (χ2v) is 17.2. The fraction of sp³-hybridized carbons (Fsp3) is 0.545. The molecule has 3 aliphatic carbocycles. The summed E-state index contributed by atoms with van der Waals surface area (Å²) in [5, 5.41) is 9.91. The van der Waals surface area contributed by atoms with Gasteiger partial charge < -0.3 is 39.5 Å². The van der Waals surface area contributed by atoms with Gasteiger partial charge in [-0.05, 0) is 84.6 Å². The SMILES string of the molecule is COc1ccc(C[C@H](Nc2cccc(-c3ccccc3)c2)C(=O)N[C@H](C(=O)N[C@@H](CC(C)C)B2O[C@@H]3C[C@@H]4C[C@@H](C4(C)C)[C@]3(C)O2)C(C)C)c(OC)c1OC. The van der Waals surface area contributed by atoms with Crippen LogP contribution in [-0.2, 0) is 25.3 Å². The highest BCUT2D eigenvalue weighted by Crippen LogP contribution is 2.65. The van der Waals surface area contributed by atoms with E-state index in [1.807, 2.05) is 62.4 Å². The maximum atomic E-state index is 14.5. The Hall–Kier alpha value is -4.22. The summed E-state index contributed by atoms with van der Waals surface area (Å²) in [5.74, 6) is 1.57. The summed E-state index contributed by atoms with van der Waals surface area (Å²) >= 11 is 0. The van der Waals surface area contributed by atoms with Crippen LogP contribution in [0.2, 0.25) is 0 Å². The molecule has 296 valence electrons. The highest BCUT2D eigenvalue weighted by atomic mass is 16.7. The Balaban J connectivity index is 1.25. The Morgan fingerprint density at radius 3 is 2.18 bits per heavy atom. The lowest BCUT2D eigenvalue weighted by Crippen LogP contribution is -2.65. The molecule has 4 aliphatic rings. The molecule has 7 rings (SSSR count). The fourth-order valence-corrected chi connectivity index (χ4v) is 9.25. The third kappa shape index (κ3) is 8.19. The van der Waals surface area contributed by atoms with Gasteiger partial charge in [-0.15, -0.1) is 0 Å². The third-order valence-corrected chi connectivity index (χ3v) is 12.4. The van der Waals surface area contributed by atoms with Crippen molar-refractivity contribution < 1.29 is 33.1 Å². The summed E-state index contributed by atoms with van der Waals surface area (Å²) in [7, 11) is 4.12. The molecular weight excluding hydrogens is 693 g/mol. The molecule has 3 aromatic rings. The molecule has 1 saturated heterocycles. The standard InChI is InChI=1S/C44H60BN3O7/c1-26(2)21-37(45-54-36-25-31-24-35(43(31,5)6)44(36,7)55-45)47-42(50)38(27(3)4)48-41(49)33(23-30-19-20-34(51-8)40(53-10)39(30)52-9)46-32-18-14-17-29(22-32)28-15-12-11-13-16-28/h11-20,22,26-27,31,33,35-38,46H,21,23-25H2,1-10H3,(H,47,50)(H,48,49)/t31-,33-,35-,36+,37-,38-,44-/m0/s1. The third-order valence-electron chi connectivity index (χ3n) is 12.4. The van der Waals surface area contributed by atoms with Crippen LogP contribution >= 0.6 is 0 Å². The van der Waals surface area contributed by atoms with Crippen LogP contribution in [-0.4, -0.2) is 70.0 Å². The highest BCUT2D eigenvalue weighted by molar-refractivity contribution is 6.48. The minimum absolute atomic E-state index is 0.00207. The van der Waals surface area contributed by atoms with Crippen LogP contribution in [0.3, 0.4) is 0 Å². The molecular formula is C44H60BN3O7. The van der Waals surface area contributed by atoms with Gasteiger partial charge in [0.15, 0.2) is 11.5 Å². The first-order valence-electron chi connectivity index (χ1n) is 19.8. The van der Waals surface area contributed by atoms with Crippen LogP contribution in [0.5, 0.6) is 17.2 Å². The van der Waals surface area contributed by atoms with Gasteiger partial charge in [-0.2, -0.15) is 0 Å². The number of benzene rings is 3. The van der Waals surface area contributed by atoms with Crippen LogP contribution in [0.15, 0.2) is 66.7 Å². The molecule has 3 saturated carbocycles. The summed E-state index contributed by atoms with van der Waals surface area (Å²) in [4.78, 5) is 28.9. The lowest BCUT2D eigenvalue weighted by molar-refractivity contribution is -0.199. The zero-order valence-corrected chi connectivity index (χ0v) is 34.2. The number of ether oxygens (including phenoxy) is 3. The summed E-state index contributed by atoms with van der Waals surface area (Å²) in [6.07, 6.45) is 3.03. The molecule has 2 bridgehead atoms. The van der Waals surface area contributed by atoms with E-state index in [1.54, 1.807) is 27.4 Å². The van der Waals surface area contributed by atoms with Gasteiger partial charge in [0.25, 0.3) is 0 Å². The molecule has 55 heavy (non-hydrogen) atoms. The predicted octanol–water partition coefficient (Wildman–Crippen LogP) is 7.34. The first-order valence-corrected chi connectivity index (χ1v) is 19.8. The Morgan fingerprint density at radius 1 is 0.836 bits per heavy atom. The Bertz CT molecular complexity index is 1820. The molecule has 10 nitrogen and oxygen atoms in total. The predicted molar refractivity (Wildman–Crippen MR) is 217 cm³/mol. The topological polar surface area (TPSA) is 116 Å². The van der Waals surface area contributed by atoms with Crippen LogP contribution in [0.4, 0.5) is 5.69 Å². The van der Waals surface area contributed by atoms with Gasteiger partial charge in [-0.1, -0.05) is 90.1 Å². The van der Waals surface area contributed by atoms with Crippen molar-refractivity contribution in [2.24, 2.45) is 29.1 Å². The number of carbonyl (C=O) groups is 2. The quantitative estimate of drug-likeness (QED) is 0.130. The second-order valence-electron chi connectivity index (χ2n) is 17.2. The van der Waals surface area contributed by atoms with E-state index >= 15 is 0 Å². The van der Waals surface area contributed by atoms with Crippen molar-refractivity contribution in [1.82, 2.24) is 10.6 Å². The number of amides is 2. The van der Waals surface area contributed by atoms with Crippen LogP contribution < -0.4 is 30.2 Å². The van der Waals surface area contributed by atoms with Gasteiger partial charge in [0.1, 0.15) is 12.1 Å². The molecule has 0 unspecified atom stereocenters. The van der Waals surface area contributed by atoms with Gasteiger partial charge in [0.2, 0.25) is 17.6 Å². The lowest BCUT2D eigenvalue weighted by Gasteiger charge is -2.64. The maximum Gasteiger partial charge on any atom is 0.481 e. The van der Waals surface area contributed by atoms with Crippen molar-refractivity contribution in [3.05, 3.63) is 72.3 Å². The van der Waals surface area contributed by atoms with E-state index in [-0.39, 0.29) is 47.5 Å².